The number of hydrogen-bond donors (Lipinski definition) is 3. The first-order valence-corrected chi connectivity index (χ1v) is 12.4. The Bertz CT molecular complexity index is 1660. The maximum atomic E-state index is 12.7. The average molecular weight is 520 g/mol. The molecule has 1 aliphatic heterocycles. The van der Waals surface area contributed by atoms with Crippen molar-refractivity contribution in [3.8, 4) is 11.5 Å². The number of ether oxygens (including phenoxy) is 2. The molecule has 6 rings (SSSR count). The third-order valence-corrected chi connectivity index (χ3v) is 6.37. The number of para-hydroxylation sites is 2. The molecule has 0 unspecified atom stereocenters. The fourth-order valence-corrected chi connectivity index (χ4v) is 4.37. The van der Waals surface area contributed by atoms with E-state index in [1.807, 2.05) is 36.7 Å². The van der Waals surface area contributed by atoms with E-state index in [-0.39, 0.29) is 18.7 Å². The number of hydrogen-bond acceptors (Lipinski definition) is 5. The first kappa shape index (κ1) is 24.1. The summed E-state index contributed by atoms with van der Waals surface area (Å²) in [6.07, 6.45) is 1.85. The van der Waals surface area contributed by atoms with Gasteiger partial charge >= 0.3 is 6.03 Å². The van der Waals surface area contributed by atoms with Crippen LogP contribution in [0.5, 0.6) is 11.5 Å². The predicted octanol–water partition coefficient (Wildman–Crippen LogP) is 5.39. The van der Waals surface area contributed by atoms with Crippen LogP contribution < -0.4 is 25.4 Å². The Hall–Kier alpha value is -5.31. The Kier molecular flexibility index (Phi) is 6.53. The fourth-order valence-electron chi connectivity index (χ4n) is 4.37. The first-order chi connectivity index (χ1) is 19.1. The molecule has 9 nitrogen and oxygen atoms in total. The highest BCUT2D eigenvalue weighted by Gasteiger charge is 2.16. The van der Waals surface area contributed by atoms with E-state index in [0.717, 1.165) is 28.7 Å². The topological polar surface area (TPSA) is 107 Å². The van der Waals surface area contributed by atoms with E-state index in [1.54, 1.807) is 42.5 Å². The van der Waals surface area contributed by atoms with Gasteiger partial charge in [0.15, 0.2) is 11.5 Å². The van der Waals surface area contributed by atoms with Crippen LogP contribution in [0.2, 0.25) is 0 Å². The molecule has 0 fully saturated rings. The lowest BCUT2D eigenvalue weighted by atomic mass is 10.1. The second kappa shape index (κ2) is 10.6. The molecule has 0 spiro atoms. The van der Waals surface area contributed by atoms with Gasteiger partial charge in [0.25, 0.3) is 5.91 Å². The number of amides is 3. The Morgan fingerprint density at radius 1 is 0.795 bits per heavy atom. The second-order valence-electron chi connectivity index (χ2n) is 9.09. The zero-order valence-corrected chi connectivity index (χ0v) is 20.9. The smallest absolute Gasteiger partial charge is 0.319 e. The number of imidazole rings is 1. The van der Waals surface area contributed by atoms with E-state index >= 15 is 0 Å². The summed E-state index contributed by atoms with van der Waals surface area (Å²) in [6, 6.07) is 27.8. The summed E-state index contributed by atoms with van der Waals surface area (Å²) in [5, 5.41) is 8.52. The molecule has 9 heteroatoms. The Morgan fingerprint density at radius 2 is 1.56 bits per heavy atom. The van der Waals surface area contributed by atoms with Gasteiger partial charge in [0.2, 0.25) is 6.79 Å². The largest absolute Gasteiger partial charge is 0.454 e. The molecule has 4 aromatic carbocycles. The number of urea groups is 1. The van der Waals surface area contributed by atoms with Crippen LogP contribution in [-0.4, -0.2) is 28.3 Å². The minimum atomic E-state index is -0.344. The van der Waals surface area contributed by atoms with Crippen molar-refractivity contribution < 1.29 is 19.1 Å². The molecule has 5 aromatic rings. The highest BCUT2D eigenvalue weighted by Crippen LogP contribution is 2.32. The molecule has 0 saturated heterocycles. The molecule has 0 radical (unpaired) electrons. The lowest BCUT2D eigenvalue weighted by molar-refractivity contribution is 0.102. The standard InChI is InChI=1S/C30H25N5O4/c36-29(22-12-13-27-28(14-22)39-19-38-27)33-23-4-3-5-24(15-23)34-30(37)31-16-20-8-10-21(11-9-20)17-35-18-32-25-6-1-2-7-26(25)35/h1-15,18H,16-17,19H2,(H,33,36)(H2,31,34,37). The maximum absolute atomic E-state index is 12.7. The monoisotopic (exact) mass is 519 g/mol. The normalized spacial score (nSPS) is 11.8. The van der Waals surface area contributed by atoms with Crippen LogP contribution in [0.3, 0.4) is 0 Å². The fraction of sp³-hybridized carbons (Fsp3) is 0.100. The number of carbonyl (C=O) groups is 2. The summed E-state index contributed by atoms with van der Waals surface area (Å²) >= 11 is 0. The highest BCUT2D eigenvalue weighted by atomic mass is 16.7. The van der Waals surface area contributed by atoms with Crippen molar-refractivity contribution in [2.75, 3.05) is 17.4 Å². The molecule has 39 heavy (non-hydrogen) atoms. The minimum Gasteiger partial charge on any atom is -0.454 e. The summed E-state index contributed by atoms with van der Waals surface area (Å²) in [6.45, 7) is 1.24. The number of benzene rings is 4. The second-order valence-corrected chi connectivity index (χ2v) is 9.09. The van der Waals surface area contributed by atoms with Crippen molar-refractivity contribution >= 4 is 34.3 Å². The molecule has 0 bridgehead atoms. The molecular weight excluding hydrogens is 494 g/mol. The maximum Gasteiger partial charge on any atom is 0.319 e. The van der Waals surface area contributed by atoms with Crippen molar-refractivity contribution in [3.05, 3.63) is 114 Å². The number of nitrogens with one attached hydrogen (secondary N) is 3. The van der Waals surface area contributed by atoms with Gasteiger partial charge in [0.1, 0.15) is 0 Å². The summed E-state index contributed by atoms with van der Waals surface area (Å²) in [5.41, 5.74) is 5.74. The van der Waals surface area contributed by atoms with Gasteiger partial charge in [0, 0.05) is 30.0 Å². The lowest BCUT2D eigenvalue weighted by Gasteiger charge is -2.11. The van der Waals surface area contributed by atoms with Gasteiger partial charge in [-0.3, -0.25) is 4.79 Å². The van der Waals surface area contributed by atoms with Gasteiger partial charge in [-0.15, -0.1) is 0 Å². The van der Waals surface area contributed by atoms with Gasteiger partial charge in [-0.25, -0.2) is 9.78 Å². The highest BCUT2D eigenvalue weighted by molar-refractivity contribution is 6.05. The van der Waals surface area contributed by atoms with Crippen LogP contribution in [0.25, 0.3) is 11.0 Å². The van der Waals surface area contributed by atoms with Crippen LogP contribution >= 0.6 is 0 Å². The Labute approximate surface area is 224 Å². The minimum absolute atomic E-state index is 0.144. The Morgan fingerprint density at radius 3 is 2.44 bits per heavy atom. The molecule has 1 aliphatic rings. The predicted molar refractivity (Wildman–Crippen MR) is 148 cm³/mol. The number of rotatable bonds is 7. The van der Waals surface area contributed by atoms with Gasteiger partial charge in [-0.2, -0.15) is 0 Å². The van der Waals surface area contributed by atoms with E-state index < -0.39 is 0 Å². The number of fused-ring (bicyclic) bond motifs is 2. The van der Waals surface area contributed by atoms with E-state index in [9.17, 15) is 9.59 Å². The SMILES string of the molecule is O=C(NCc1ccc(Cn2cnc3ccccc32)cc1)Nc1cccc(NC(=O)c2ccc3c(c2)OCO3)c1. The molecule has 0 saturated carbocycles. The molecule has 2 heterocycles. The molecule has 0 aliphatic carbocycles. The van der Waals surface area contributed by atoms with Crippen LogP contribution in [0.1, 0.15) is 21.5 Å². The van der Waals surface area contributed by atoms with Gasteiger partial charge in [-0.05, 0) is 59.7 Å². The molecule has 194 valence electrons. The van der Waals surface area contributed by atoms with Gasteiger partial charge in [0.05, 0.1) is 17.4 Å². The van der Waals surface area contributed by atoms with Gasteiger partial charge < -0.3 is 30.0 Å². The van der Waals surface area contributed by atoms with Gasteiger partial charge in [-0.1, -0.05) is 42.5 Å². The van der Waals surface area contributed by atoms with Crippen molar-refractivity contribution in [1.82, 2.24) is 14.9 Å². The van der Waals surface area contributed by atoms with E-state index in [4.69, 9.17) is 9.47 Å². The molecule has 1 aromatic heterocycles. The summed E-state index contributed by atoms with van der Waals surface area (Å²) < 4.78 is 12.7. The third-order valence-electron chi connectivity index (χ3n) is 6.37. The quantitative estimate of drug-likeness (QED) is 0.267. The molecule has 3 N–H and O–H groups in total. The molecule has 0 atom stereocenters. The summed E-state index contributed by atoms with van der Waals surface area (Å²) in [7, 11) is 0. The number of anilines is 2. The number of nitrogens with zero attached hydrogens (tertiary/aromatic N) is 2. The van der Waals surface area contributed by atoms with Crippen molar-refractivity contribution in [2.45, 2.75) is 13.1 Å². The van der Waals surface area contributed by atoms with Crippen molar-refractivity contribution in [2.24, 2.45) is 0 Å². The Balaban J connectivity index is 1.01. The number of carbonyl (C=O) groups excluding carboxylic acids is 2. The van der Waals surface area contributed by atoms with E-state index in [1.165, 1.54) is 0 Å². The van der Waals surface area contributed by atoms with Crippen molar-refractivity contribution in [1.29, 1.82) is 0 Å². The number of aromatic nitrogens is 2. The van der Waals surface area contributed by atoms with Crippen LogP contribution in [0.15, 0.2) is 97.3 Å². The van der Waals surface area contributed by atoms with E-state index in [2.05, 4.69) is 43.7 Å². The zero-order valence-electron chi connectivity index (χ0n) is 20.9. The first-order valence-electron chi connectivity index (χ1n) is 12.4. The summed E-state index contributed by atoms with van der Waals surface area (Å²) in [4.78, 5) is 29.6. The summed E-state index contributed by atoms with van der Waals surface area (Å²) in [5.74, 6) is 0.860. The molecular formula is C30H25N5O4. The lowest BCUT2D eigenvalue weighted by Crippen LogP contribution is -2.28. The zero-order chi connectivity index (χ0) is 26.6. The van der Waals surface area contributed by atoms with Crippen LogP contribution in [0, 0.1) is 0 Å². The third kappa shape index (κ3) is 5.52. The van der Waals surface area contributed by atoms with E-state index in [0.29, 0.717) is 35.0 Å². The van der Waals surface area contributed by atoms with Crippen LogP contribution in [0.4, 0.5) is 16.2 Å². The van der Waals surface area contributed by atoms with Crippen molar-refractivity contribution in [3.63, 3.8) is 0 Å². The van der Waals surface area contributed by atoms with Crippen LogP contribution in [-0.2, 0) is 13.1 Å². The average Bonchev–Trinajstić information content (AvgIpc) is 3.60. The molecule has 3 amide bonds.